The van der Waals surface area contributed by atoms with Crippen LogP contribution in [0.5, 0.6) is 0 Å². The summed E-state index contributed by atoms with van der Waals surface area (Å²) in [5.41, 5.74) is 1.98. The van der Waals surface area contributed by atoms with Crippen molar-refractivity contribution in [3.63, 3.8) is 0 Å². The van der Waals surface area contributed by atoms with Gasteiger partial charge in [0, 0.05) is 26.7 Å². The van der Waals surface area contributed by atoms with E-state index in [1.807, 2.05) is 25.7 Å². The van der Waals surface area contributed by atoms with Gasteiger partial charge < -0.3 is 5.32 Å². The maximum absolute atomic E-state index is 6.17. The van der Waals surface area contributed by atoms with Gasteiger partial charge in [0.05, 0.1) is 16.4 Å². The summed E-state index contributed by atoms with van der Waals surface area (Å²) in [5, 5.41) is 8.19. The maximum Gasteiger partial charge on any atom is 0.0860 e. The fourth-order valence-corrected chi connectivity index (χ4v) is 1.71. The largest absolute Gasteiger partial charge is 0.318 e. The molecule has 1 N–H and O–H groups in total. The minimum atomic E-state index is 0.786. The number of nitrogens with one attached hydrogen (secondary N) is 1. The third kappa shape index (κ3) is 3.19. The molecule has 0 radical (unpaired) electrons. The molecular weight excluding hydrogens is 212 g/mol. The van der Waals surface area contributed by atoms with E-state index in [0.29, 0.717) is 0 Å². The fourth-order valence-electron chi connectivity index (χ4n) is 1.49. The molecule has 4 nitrogen and oxygen atoms in total. The monoisotopic (exact) mass is 230 g/mol. The van der Waals surface area contributed by atoms with E-state index in [1.54, 1.807) is 0 Å². The lowest BCUT2D eigenvalue weighted by atomic mass is 10.3. The summed E-state index contributed by atoms with van der Waals surface area (Å²) >= 11 is 6.17. The second kappa shape index (κ2) is 5.49. The highest BCUT2D eigenvalue weighted by atomic mass is 35.5. The molecule has 0 aliphatic carbocycles. The minimum Gasteiger partial charge on any atom is -0.318 e. The van der Waals surface area contributed by atoms with Gasteiger partial charge in [0.25, 0.3) is 0 Å². The summed E-state index contributed by atoms with van der Waals surface area (Å²) in [7, 11) is 5.96. The summed E-state index contributed by atoms with van der Waals surface area (Å²) in [5.74, 6) is 0. The van der Waals surface area contributed by atoms with Gasteiger partial charge in [-0.2, -0.15) is 5.10 Å². The molecule has 0 fully saturated rings. The molecule has 1 rings (SSSR count). The summed E-state index contributed by atoms with van der Waals surface area (Å²) < 4.78 is 1.85. The summed E-state index contributed by atoms with van der Waals surface area (Å²) in [6.07, 6.45) is 0. The van der Waals surface area contributed by atoms with Crippen LogP contribution in [0.25, 0.3) is 0 Å². The average Bonchev–Trinajstić information content (AvgIpc) is 2.42. The molecule has 0 spiro atoms. The van der Waals surface area contributed by atoms with E-state index in [4.69, 9.17) is 11.6 Å². The van der Waals surface area contributed by atoms with E-state index in [0.717, 1.165) is 36.0 Å². The lowest BCUT2D eigenvalue weighted by molar-refractivity contribution is 0.319. The first kappa shape index (κ1) is 12.5. The first-order chi connectivity index (χ1) is 7.06. The van der Waals surface area contributed by atoms with Crippen molar-refractivity contribution < 1.29 is 0 Å². The van der Waals surface area contributed by atoms with Crippen LogP contribution < -0.4 is 5.32 Å². The second-order valence-corrected chi connectivity index (χ2v) is 4.19. The Bertz CT molecular complexity index is 321. The van der Waals surface area contributed by atoms with Crippen molar-refractivity contribution in [3.8, 4) is 0 Å². The van der Waals surface area contributed by atoms with E-state index in [9.17, 15) is 0 Å². The predicted molar refractivity (Wildman–Crippen MR) is 63.2 cm³/mol. The molecule has 0 aliphatic heterocycles. The normalized spacial score (nSPS) is 11.3. The van der Waals surface area contributed by atoms with Crippen molar-refractivity contribution in [1.29, 1.82) is 0 Å². The number of hydrogen-bond donors (Lipinski definition) is 1. The highest BCUT2D eigenvalue weighted by Crippen LogP contribution is 2.20. The van der Waals surface area contributed by atoms with E-state index >= 15 is 0 Å². The van der Waals surface area contributed by atoms with Gasteiger partial charge in [-0.25, -0.2) is 0 Å². The van der Waals surface area contributed by atoms with Crippen LogP contribution in [0.15, 0.2) is 0 Å². The maximum atomic E-state index is 6.17. The Morgan fingerprint density at radius 3 is 2.67 bits per heavy atom. The Morgan fingerprint density at radius 2 is 2.20 bits per heavy atom. The Labute approximate surface area is 96.2 Å². The third-order valence-electron chi connectivity index (χ3n) is 2.42. The summed E-state index contributed by atoms with van der Waals surface area (Å²) in [6.45, 7) is 4.74. The zero-order valence-electron chi connectivity index (χ0n) is 9.84. The molecule has 86 valence electrons. The molecule has 0 bridgehead atoms. The fraction of sp³-hybridized carbons (Fsp3) is 0.700. The predicted octanol–water partition coefficient (Wildman–Crippen LogP) is 1.03. The summed E-state index contributed by atoms with van der Waals surface area (Å²) in [4.78, 5) is 2.22. The molecule has 0 aromatic carbocycles. The SMILES string of the molecule is CNCCN(C)Cc1c(Cl)c(C)nn1C. The van der Waals surface area contributed by atoms with Gasteiger partial charge in [-0.15, -0.1) is 0 Å². The molecule has 0 atom stereocenters. The Kier molecular flexibility index (Phi) is 4.57. The van der Waals surface area contributed by atoms with Crippen LogP contribution in [0.4, 0.5) is 0 Å². The molecule has 1 aromatic rings. The number of hydrogen-bond acceptors (Lipinski definition) is 3. The van der Waals surface area contributed by atoms with Crippen LogP contribution in [0.2, 0.25) is 5.02 Å². The van der Waals surface area contributed by atoms with Crippen LogP contribution in [0, 0.1) is 6.92 Å². The van der Waals surface area contributed by atoms with Crippen molar-refractivity contribution in [1.82, 2.24) is 20.0 Å². The van der Waals surface area contributed by atoms with Gasteiger partial charge in [-0.3, -0.25) is 9.58 Å². The van der Waals surface area contributed by atoms with Crippen LogP contribution in [-0.2, 0) is 13.6 Å². The molecule has 0 aliphatic rings. The van der Waals surface area contributed by atoms with Crippen molar-refractivity contribution in [2.45, 2.75) is 13.5 Å². The number of rotatable bonds is 5. The Morgan fingerprint density at radius 1 is 1.53 bits per heavy atom. The minimum absolute atomic E-state index is 0.786. The average molecular weight is 231 g/mol. The van der Waals surface area contributed by atoms with Crippen molar-refractivity contribution >= 4 is 11.6 Å². The van der Waals surface area contributed by atoms with E-state index < -0.39 is 0 Å². The van der Waals surface area contributed by atoms with Crippen molar-refractivity contribution in [3.05, 3.63) is 16.4 Å². The standard InChI is InChI=1S/C10H19ClN4/c1-8-10(11)9(15(4)13-8)7-14(3)6-5-12-2/h12H,5-7H2,1-4H3. The molecule has 0 saturated carbocycles. The van der Waals surface area contributed by atoms with Crippen LogP contribution in [0.3, 0.4) is 0 Å². The Balaban J connectivity index is 2.63. The van der Waals surface area contributed by atoms with Gasteiger partial charge in [0.15, 0.2) is 0 Å². The highest BCUT2D eigenvalue weighted by Gasteiger charge is 2.12. The van der Waals surface area contributed by atoms with Crippen molar-refractivity contribution in [2.75, 3.05) is 27.2 Å². The molecule has 0 saturated heterocycles. The van der Waals surface area contributed by atoms with Gasteiger partial charge in [0.2, 0.25) is 0 Å². The van der Waals surface area contributed by atoms with E-state index in [2.05, 4.69) is 22.4 Å². The first-order valence-corrected chi connectivity index (χ1v) is 5.45. The number of halogens is 1. The van der Waals surface area contributed by atoms with E-state index in [1.165, 1.54) is 0 Å². The first-order valence-electron chi connectivity index (χ1n) is 5.07. The number of aromatic nitrogens is 2. The summed E-state index contributed by atoms with van der Waals surface area (Å²) in [6, 6.07) is 0. The number of likely N-dealkylation sites (N-methyl/N-ethyl adjacent to an activating group) is 2. The lowest BCUT2D eigenvalue weighted by Gasteiger charge is -2.16. The van der Waals surface area contributed by atoms with E-state index in [-0.39, 0.29) is 0 Å². The van der Waals surface area contributed by atoms with Crippen molar-refractivity contribution in [2.24, 2.45) is 7.05 Å². The van der Waals surface area contributed by atoms with Crippen LogP contribution in [-0.4, -0.2) is 41.9 Å². The molecule has 15 heavy (non-hydrogen) atoms. The lowest BCUT2D eigenvalue weighted by Crippen LogP contribution is -2.27. The molecule has 1 heterocycles. The number of nitrogens with zero attached hydrogens (tertiary/aromatic N) is 3. The zero-order valence-corrected chi connectivity index (χ0v) is 10.6. The second-order valence-electron chi connectivity index (χ2n) is 3.81. The van der Waals surface area contributed by atoms with Gasteiger partial charge in [-0.05, 0) is 21.0 Å². The third-order valence-corrected chi connectivity index (χ3v) is 2.92. The molecule has 5 heteroatoms. The zero-order chi connectivity index (χ0) is 11.4. The Hall–Kier alpha value is -0.580. The van der Waals surface area contributed by atoms with Gasteiger partial charge >= 0.3 is 0 Å². The molecular formula is C10H19ClN4. The molecule has 1 aromatic heterocycles. The molecule has 0 unspecified atom stereocenters. The van der Waals surface area contributed by atoms with Gasteiger partial charge in [0.1, 0.15) is 0 Å². The van der Waals surface area contributed by atoms with Crippen LogP contribution in [0.1, 0.15) is 11.4 Å². The number of aryl methyl sites for hydroxylation is 2. The topological polar surface area (TPSA) is 33.1 Å². The molecule has 0 amide bonds. The van der Waals surface area contributed by atoms with Crippen LogP contribution >= 0.6 is 11.6 Å². The smallest absolute Gasteiger partial charge is 0.0860 e. The highest BCUT2D eigenvalue weighted by molar-refractivity contribution is 6.31. The quantitative estimate of drug-likeness (QED) is 0.821. The van der Waals surface area contributed by atoms with Gasteiger partial charge in [-0.1, -0.05) is 11.6 Å².